The summed E-state index contributed by atoms with van der Waals surface area (Å²) in [5, 5.41) is 8.38. The zero-order chi connectivity index (χ0) is 12.2. The van der Waals surface area contributed by atoms with Gasteiger partial charge in [-0.1, -0.05) is 0 Å². The molecule has 0 saturated carbocycles. The van der Waals surface area contributed by atoms with E-state index in [0.29, 0.717) is 25.9 Å². The van der Waals surface area contributed by atoms with E-state index in [-0.39, 0.29) is 18.4 Å². The standard InChI is InChI=1S/C9H15N3O3S/c1-16(14,15)11-8-3-6-12(7-4-8)9(13)2-5-10/h8,11H,2-4,6-7H2,1H3. The molecule has 0 aromatic carbocycles. The highest BCUT2D eigenvalue weighted by Crippen LogP contribution is 2.11. The fourth-order valence-electron chi connectivity index (χ4n) is 1.73. The minimum Gasteiger partial charge on any atom is -0.342 e. The van der Waals surface area contributed by atoms with Crippen molar-refractivity contribution in [2.24, 2.45) is 0 Å². The van der Waals surface area contributed by atoms with Gasteiger partial charge in [0.05, 0.1) is 12.3 Å². The first-order chi connectivity index (χ1) is 7.42. The number of amides is 1. The number of nitrogens with one attached hydrogen (secondary N) is 1. The molecule has 6 nitrogen and oxygen atoms in total. The Morgan fingerprint density at radius 3 is 2.50 bits per heavy atom. The third kappa shape index (κ3) is 4.16. The molecule has 1 fully saturated rings. The van der Waals surface area contributed by atoms with Crippen molar-refractivity contribution in [1.29, 1.82) is 5.26 Å². The van der Waals surface area contributed by atoms with Crippen LogP contribution in [0.3, 0.4) is 0 Å². The summed E-state index contributed by atoms with van der Waals surface area (Å²) in [6.45, 7) is 1.02. The zero-order valence-corrected chi connectivity index (χ0v) is 9.96. The first-order valence-corrected chi connectivity index (χ1v) is 6.93. The molecule has 0 aromatic heterocycles. The monoisotopic (exact) mass is 245 g/mol. The first kappa shape index (κ1) is 12.9. The molecule has 0 aliphatic carbocycles. The van der Waals surface area contributed by atoms with Crippen LogP contribution in [0.4, 0.5) is 0 Å². The third-order valence-electron chi connectivity index (χ3n) is 2.46. The van der Waals surface area contributed by atoms with Crippen LogP contribution in [0.15, 0.2) is 0 Å². The highest BCUT2D eigenvalue weighted by atomic mass is 32.2. The Kier molecular flexibility index (Phi) is 4.26. The lowest BCUT2D eigenvalue weighted by atomic mass is 10.1. The quantitative estimate of drug-likeness (QED) is 0.721. The van der Waals surface area contributed by atoms with Gasteiger partial charge in [0.15, 0.2) is 0 Å². The van der Waals surface area contributed by atoms with E-state index in [1.54, 1.807) is 4.90 Å². The van der Waals surface area contributed by atoms with Crippen LogP contribution < -0.4 is 4.72 Å². The molecule has 1 N–H and O–H groups in total. The smallest absolute Gasteiger partial charge is 0.236 e. The van der Waals surface area contributed by atoms with Crippen molar-refractivity contribution in [3.63, 3.8) is 0 Å². The van der Waals surface area contributed by atoms with Crippen LogP contribution in [0.2, 0.25) is 0 Å². The van der Waals surface area contributed by atoms with Gasteiger partial charge in [-0.25, -0.2) is 13.1 Å². The van der Waals surface area contributed by atoms with Crippen molar-refractivity contribution in [2.45, 2.75) is 25.3 Å². The molecule has 0 radical (unpaired) electrons. The summed E-state index contributed by atoms with van der Waals surface area (Å²) in [7, 11) is -3.18. The number of hydrogen-bond acceptors (Lipinski definition) is 4. The van der Waals surface area contributed by atoms with Crippen molar-refractivity contribution >= 4 is 15.9 Å². The van der Waals surface area contributed by atoms with E-state index in [4.69, 9.17) is 5.26 Å². The average Bonchev–Trinajstić information content (AvgIpc) is 2.16. The molecule has 1 aliphatic heterocycles. The lowest BCUT2D eigenvalue weighted by molar-refractivity contribution is -0.131. The van der Waals surface area contributed by atoms with Gasteiger partial charge in [-0.15, -0.1) is 0 Å². The van der Waals surface area contributed by atoms with Crippen LogP contribution in [0, 0.1) is 11.3 Å². The summed E-state index contributed by atoms with van der Waals surface area (Å²) >= 11 is 0. The maximum atomic E-state index is 11.4. The molecule has 0 spiro atoms. The zero-order valence-electron chi connectivity index (χ0n) is 9.14. The minimum atomic E-state index is -3.18. The second-order valence-electron chi connectivity index (χ2n) is 3.88. The highest BCUT2D eigenvalue weighted by Gasteiger charge is 2.23. The van der Waals surface area contributed by atoms with Gasteiger partial charge in [0.25, 0.3) is 0 Å². The van der Waals surface area contributed by atoms with Crippen molar-refractivity contribution in [2.75, 3.05) is 19.3 Å². The number of sulfonamides is 1. The summed E-state index contributed by atoms with van der Waals surface area (Å²) in [6.07, 6.45) is 2.22. The summed E-state index contributed by atoms with van der Waals surface area (Å²) in [4.78, 5) is 13.0. The predicted molar refractivity (Wildman–Crippen MR) is 57.8 cm³/mol. The van der Waals surface area contributed by atoms with E-state index < -0.39 is 10.0 Å². The highest BCUT2D eigenvalue weighted by molar-refractivity contribution is 7.88. The number of piperidine rings is 1. The second kappa shape index (κ2) is 5.27. The maximum absolute atomic E-state index is 11.4. The van der Waals surface area contributed by atoms with E-state index in [0.717, 1.165) is 6.26 Å². The molecule has 7 heteroatoms. The molecule has 1 rings (SSSR count). The normalized spacial score (nSPS) is 18.1. The molecule has 16 heavy (non-hydrogen) atoms. The van der Waals surface area contributed by atoms with Crippen molar-refractivity contribution in [3.05, 3.63) is 0 Å². The van der Waals surface area contributed by atoms with Crippen LogP contribution in [-0.2, 0) is 14.8 Å². The molecule has 0 atom stereocenters. The van der Waals surface area contributed by atoms with E-state index in [2.05, 4.69) is 4.72 Å². The van der Waals surface area contributed by atoms with Crippen LogP contribution >= 0.6 is 0 Å². The Morgan fingerprint density at radius 2 is 2.06 bits per heavy atom. The summed E-state index contributed by atoms with van der Waals surface area (Å²) in [5.41, 5.74) is 0. The molecular formula is C9H15N3O3S. The average molecular weight is 245 g/mol. The van der Waals surface area contributed by atoms with Gasteiger partial charge < -0.3 is 4.90 Å². The van der Waals surface area contributed by atoms with E-state index in [1.165, 1.54) is 0 Å². The lowest BCUT2D eigenvalue weighted by Gasteiger charge is -2.31. The number of hydrogen-bond donors (Lipinski definition) is 1. The SMILES string of the molecule is CS(=O)(=O)NC1CCN(C(=O)CC#N)CC1. The number of likely N-dealkylation sites (tertiary alicyclic amines) is 1. The van der Waals surface area contributed by atoms with Crippen molar-refractivity contribution in [1.82, 2.24) is 9.62 Å². The Bertz CT molecular complexity index is 391. The molecule has 0 bridgehead atoms. The number of carbonyl (C=O) groups is 1. The Hall–Kier alpha value is -1.13. The van der Waals surface area contributed by atoms with Gasteiger partial charge in [0.2, 0.25) is 15.9 Å². The predicted octanol–water partition coefficient (Wildman–Crippen LogP) is -0.560. The van der Waals surface area contributed by atoms with Crippen LogP contribution in [-0.4, -0.2) is 44.6 Å². The molecule has 0 aromatic rings. The van der Waals surface area contributed by atoms with Gasteiger partial charge >= 0.3 is 0 Å². The van der Waals surface area contributed by atoms with Crippen LogP contribution in [0.1, 0.15) is 19.3 Å². The minimum absolute atomic E-state index is 0.0962. The van der Waals surface area contributed by atoms with Gasteiger partial charge in [-0.3, -0.25) is 4.79 Å². The lowest BCUT2D eigenvalue weighted by Crippen LogP contribution is -2.46. The molecule has 1 heterocycles. The first-order valence-electron chi connectivity index (χ1n) is 5.04. The summed E-state index contributed by atoms with van der Waals surface area (Å²) in [6, 6.07) is 1.72. The number of nitriles is 1. The molecule has 1 aliphatic rings. The maximum Gasteiger partial charge on any atom is 0.236 e. The van der Waals surface area contributed by atoms with Gasteiger partial charge in [-0.2, -0.15) is 5.26 Å². The number of carbonyl (C=O) groups excluding carboxylic acids is 1. The van der Waals surface area contributed by atoms with Gasteiger partial charge in [0, 0.05) is 19.1 Å². The molecule has 0 unspecified atom stereocenters. The molecule has 1 amide bonds. The number of nitrogens with zero attached hydrogens (tertiary/aromatic N) is 2. The summed E-state index contributed by atoms with van der Waals surface area (Å²) < 4.78 is 24.5. The molecule has 1 saturated heterocycles. The van der Waals surface area contributed by atoms with Gasteiger partial charge in [0.1, 0.15) is 6.42 Å². The topological polar surface area (TPSA) is 90.3 Å². The van der Waals surface area contributed by atoms with Crippen LogP contribution in [0.5, 0.6) is 0 Å². The van der Waals surface area contributed by atoms with Gasteiger partial charge in [-0.05, 0) is 12.8 Å². The number of rotatable bonds is 3. The Balaban J connectivity index is 2.40. The Morgan fingerprint density at radius 1 is 1.50 bits per heavy atom. The van der Waals surface area contributed by atoms with Crippen LogP contribution in [0.25, 0.3) is 0 Å². The fraction of sp³-hybridized carbons (Fsp3) is 0.778. The van der Waals surface area contributed by atoms with E-state index in [9.17, 15) is 13.2 Å². The van der Waals surface area contributed by atoms with E-state index >= 15 is 0 Å². The largest absolute Gasteiger partial charge is 0.342 e. The van der Waals surface area contributed by atoms with E-state index in [1.807, 2.05) is 6.07 Å². The summed E-state index contributed by atoms with van der Waals surface area (Å²) in [5.74, 6) is -0.180. The Labute approximate surface area is 95.3 Å². The van der Waals surface area contributed by atoms with Crippen molar-refractivity contribution in [3.8, 4) is 6.07 Å². The third-order valence-corrected chi connectivity index (χ3v) is 3.22. The van der Waals surface area contributed by atoms with Crippen molar-refractivity contribution < 1.29 is 13.2 Å². The molecular weight excluding hydrogens is 230 g/mol. The fourth-order valence-corrected chi connectivity index (χ4v) is 2.57. The molecule has 90 valence electrons. The second-order valence-corrected chi connectivity index (χ2v) is 5.66.